The van der Waals surface area contributed by atoms with E-state index in [2.05, 4.69) is 9.46 Å². The molecule has 0 spiro atoms. The first-order valence-electron chi connectivity index (χ1n) is 7.52. The Morgan fingerprint density at radius 2 is 1.81 bits per heavy atom. The van der Waals surface area contributed by atoms with Crippen molar-refractivity contribution in [1.82, 2.24) is 4.72 Å². The Bertz CT molecular complexity index is 752. The van der Waals surface area contributed by atoms with E-state index in [1.54, 1.807) is 10.8 Å². The molecule has 0 radical (unpaired) electrons. The Morgan fingerprint density at radius 3 is 2.33 bits per heavy atom. The Balaban J connectivity index is 0.00000676. The molecule has 0 fully saturated rings. The number of alkyl halides is 1. The summed E-state index contributed by atoms with van der Waals surface area (Å²) in [5.41, 5.74) is -0.0442. The molecule has 0 aliphatic carbocycles. The molecule has 2 N–H and O–H groups in total. The number of methoxy groups -OCH3 is 1. The highest BCUT2D eigenvalue weighted by atomic mass is 35.5. The standard InChI is InChI=1S/C15H22ClN3O6S.ClH/c1-19(2,3)10-11(9-16)25-15(21)18-26(22,23)17-13-8-6-5-7-12(13)14(20)24-4;/h5-8,11H,9-10H2,1-4H3,(H-,17,18,20,21);1H/t11-;/m1./s1. The lowest BCUT2D eigenvalue weighted by atomic mass is 10.2. The number of amides is 1. The normalized spacial score (nSPS) is 12.3. The number of likely N-dealkylation sites (N-methyl/N-ethyl adjacent to an activating group) is 1. The fraction of sp³-hybridized carbons (Fsp3) is 0.467. The molecule has 9 nitrogen and oxygen atoms in total. The number of hydrogen-bond acceptors (Lipinski definition) is 6. The first-order valence-corrected chi connectivity index (χ1v) is 9.54. The molecule has 1 atom stereocenters. The van der Waals surface area contributed by atoms with Gasteiger partial charge in [0.25, 0.3) is 0 Å². The summed E-state index contributed by atoms with van der Waals surface area (Å²) in [5.74, 6) is -0.710. The van der Waals surface area contributed by atoms with Crippen molar-refractivity contribution < 1.29 is 44.4 Å². The van der Waals surface area contributed by atoms with E-state index in [9.17, 15) is 18.0 Å². The third-order valence-corrected chi connectivity index (χ3v) is 4.26. The molecule has 0 saturated heterocycles. The predicted molar refractivity (Wildman–Crippen MR) is 97.3 cm³/mol. The summed E-state index contributed by atoms with van der Waals surface area (Å²) in [6.45, 7) is 0.398. The highest BCUT2D eigenvalue weighted by Crippen LogP contribution is 2.17. The van der Waals surface area contributed by atoms with Gasteiger partial charge in [-0.1, -0.05) is 12.1 Å². The van der Waals surface area contributed by atoms with Crippen molar-refractivity contribution >= 4 is 39.6 Å². The molecular weight excluding hydrogens is 421 g/mol. The van der Waals surface area contributed by atoms with Gasteiger partial charge in [0.2, 0.25) is 0 Å². The van der Waals surface area contributed by atoms with Gasteiger partial charge in [0.05, 0.1) is 45.4 Å². The molecule has 1 aromatic carbocycles. The summed E-state index contributed by atoms with van der Waals surface area (Å²) >= 11 is 5.76. The fourth-order valence-electron chi connectivity index (χ4n) is 2.04. The van der Waals surface area contributed by atoms with Gasteiger partial charge in [-0.3, -0.25) is 4.72 Å². The Labute approximate surface area is 170 Å². The van der Waals surface area contributed by atoms with Crippen molar-refractivity contribution in [2.45, 2.75) is 6.10 Å². The highest BCUT2D eigenvalue weighted by Gasteiger charge is 2.24. The largest absolute Gasteiger partial charge is 1.00 e. The van der Waals surface area contributed by atoms with Gasteiger partial charge >= 0.3 is 22.3 Å². The van der Waals surface area contributed by atoms with E-state index in [0.29, 0.717) is 11.0 Å². The number of halogens is 2. The van der Waals surface area contributed by atoms with Crippen LogP contribution in [0.25, 0.3) is 0 Å². The number of ether oxygens (including phenoxy) is 2. The monoisotopic (exact) mass is 443 g/mol. The second kappa shape index (κ2) is 10.5. The fourth-order valence-corrected chi connectivity index (χ4v) is 2.99. The summed E-state index contributed by atoms with van der Waals surface area (Å²) in [6.07, 6.45) is -1.85. The molecule has 0 unspecified atom stereocenters. The van der Waals surface area contributed by atoms with E-state index in [1.807, 2.05) is 21.1 Å². The van der Waals surface area contributed by atoms with Crippen LogP contribution in [-0.2, 0) is 19.7 Å². The van der Waals surface area contributed by atoms with Crippen LogP contribution in [0.3, 0.4) is 0 Å². The molecule has 1 aromatic rings. The van der Waals surface area contributed by atoms with Gasteiger partial charge in [-0.15, -0.1) is 11.6 Å². The van der Waals surface area contributed by atoms with E-state index in [1.165, 1.54) is 25.3 Å². The maximum absolute atomic E-state index is 12.1. The lowest BCUT2D eigenvalue weighted by Crippen LogP contribution is -3.00. The van der Waals surface area contributed by atoms with Gasteiger partial charge in [-0.25, -0.2) is 14.3 Å². The van der Waals surface area contributed by atoms with E-state index in [4.69, 9.17) is 16.3 Å². The molecular formula is C15H23Cl2N3O6S. The Hall–Kier alpha value is -1.75. The number of rotatable bonds is 8. The quantitative estimate of drug-likeness (QED) is 0.278. The van der Waals surface area contributed by atoms with E-state index >= 15 is 0 Å². The minimum Gasteiger partial charge on any atom is -1.00 e. The van der Waals surface area contributed by atoms with Crippen molar-refractivity contribution in [3.05, 3.63) is 29.8 Å². The third-order valence-electron chi connectivity index (χ3n) is 2.99. The van der Waals surface area contributed by atoms with Crippen LogP contribution in [0.4, 0.5) is 10.5 Å². The molecule has 27 heavy (non-hydrogen) atoms. The summed E-state index contributed by atoms with van der Waals surface area (Å²) in [5, 5.41) is 0. The average molecular weight is 444 g/mol. The number of esters is 1. The van der Waals surface area contributed by atoms with Gasteiger partial charge in [-0.2, -0.15) is 8.42 Å². The molecule has 1 amide bonds. The summed E-state index contributed by atoms with van der Waals surface area (Å²) in [6, 6.07) is 5.80. The number of nitrogens with zero attached hydrogens (tertiary/aromatic N) is 1. The molecule has 0 bridgehead atoms. The molecule has 0 aliphatic heterocycles. The maximum Gasteiger partial charge on any atom is 0.422 e. The lowest BCUT2D eigenvalue weighted by Gasteiger charge is -2.27. The van der Waals surface area contributed by atoms with Crippen LogP contribution < -0.4 is 21.9 Å². The molecule has 12 heteroatoms. The first kappa shape index (κ1) is 25.2. The summed E-state index contributed by atoms with van der Waals surface area (Å²) < 4.78 is 38.1. The van der Waals surface area contributed by atoms with Crippen LogP contribution in [0.1, 0.15) is 10.4 Å². The molecule has 154 valence electrons. The molecule has 0 heterocycles. The molecule has 0 aromatic heterocycles. The topological polar surface area (TPSA) is 111 Å². The van der Waals surface area contributed by atoms with Crippen molar-refractivity contribution in [3.63, 3.8) is 0 Å². The van der Waals surface area contributed by atoms with Gasteiger partial charge in [0, 0.05) is 0 Å². The zero-order valence-corrected chi connectivity index (χ0v) is 17.7. The van der Waals surface area contributed by atoms with Gasteiger partial charge in [0.15, 0.2) is 6.10 Å². The summed E-state index contributed by atoms with van der Waals surface area (Å²) in [7, 11) is 2.48. The number of anilines is 1. The van der Waals surface area contributed by atoms with Crippen molar-refractivity contribution in [1.29, 1.82) is 0 Å². The number of quaternary nitrogens is 1. The SMILES string of the molecule is COC(=O)c1ccccc1NS(=O)(=O)NC(=O)O[C@H](CCl)C[N+](C)(C)C.[Cl-]. The second-order valence-electron chi connectivity index (χ2n) is 6.40. The van der Waals surface area contributed by atoms with Crippen molar-refractivity contribution in [3.8, 4) is 0 Å². The van der Waals surface area contributed by atoms with E-state index < -0.39 is 28.4 Å². The smallest absolute Gasteiger partial charge is 0.422 e. The van der Waals surface area contributed by atoms with E-state index in [-0.39, 0.29) is 29.5 Å². The molecule has 0 saturated carbocycles. The van der Waals surface area contributed by atoms with E-state index in [0.717, 1.165) is 0 Å². The van der Waals surface area contributed by atoms with Crippen LogP contribution in [-0.4, -0.2) is 71.7 Å². The minimum absolute atomic E-state index is 0. The van der Waals surface area contributed by atoms with Gasteiger partial charge in [-0.05, 0) is 12.1 Å². The number of benzene rings is 1. The lowest BCUT2D eigenvalue weighted by molar-refractivity contribution is -0.873. The minimum atomic E-state index is -4.33. The van der Waals surface area contributed by atoms with Crippen LogP contribution in [0.15, 0.2) is 24.3 Å². The summed E-state index contributed by atoms with van der Waals surface area (Å²) in [4.78, 5) is 23.5. The number of carbonyl (C=O) groups is 2. The predicted octanol–water partition coefficient (Wildman–Crippen LogP) is -1.83. The number of hydrogen-bond donors (Lipinski definition) is 2. The number of nitrogens with one attached hydrogen (secondary N) is 2. The van der Waals surface area contributed by atoms with Crippen molar-refractivity contribution in [2.24, 2.45) is 0 Å². The van der Waals surface area contributed by atoms with Crippen LogP contribution >= 0.6 is 11.6 Å². The third kappa shape index (κ3) is 9.14. The Kier molecular flexibility index (Phi) is 9.87. The van der Waals surface area contributed by atoms with Crippen LogP contribution in [0, 0.1) is 0 Å². The average Bonchev–Trinajstić information content (AvgIpc) is 2.51. The van der Waals surface area contributed by atoms with Crippen LogP contribution in [0.2, 0.25) is 0 Å². The van der Waals surface area contributed by atoms with Crippen molar-refractivity contribution in [2.75, 3.05) is 45.4 Å². The van der Waals surface area contributed by atoms with Gasteiger partial charge in [0.1, 0.15) is 6.54 Å². The Morgan fingerprint density at radius 1 is 1.22 bits per heavy atom. The van der Waals surface area contributed by atoms with Gasteiger partial charge < -0.3 is 26.4 Å². The number of carbonyl (C=O) groups excluding carboxylic acids is 2. The maximum atomic E-state index is 12.1. The van der Waals surface area contributed by atoms with Crippen LogP contribution in [0.5, 0.6) is 0 Å². The zero-order valence-electron chi connectivity index (χ0n) is 15.4. The molecule has 0 aliphatic rings. The first-order chi connectivity index (χ1) is 12.0. The highest BCUT2D eigenvalue weighted by molar-refractivity contribution is 7.91. The zero-order chi connectivity index (χ0) is 20.0. The number of para-hydroxylation sites is 1. The second-order valence-corrected chi connectivity index (χ2v) is 8.12. The molecule has 1 rings (SSSR count).